The van der Waals surface area contributed by atoms with E-state index in [2.05, 4.69) is 34.4 Å². The number of halogens is 3. The second-order valence-corrected chi connectivity index (χ2v) is 11.4. The number of aromatic carboxylic acids is 1. The van der Waals surface area contributed by atoms with Crippen molar-refractivity contribution < 1.29 is 19.5 Å². The number of nitrogens with one attached hydrogen (secondary N) is 2. The molecule has 192 valence electrons. The zero-order valence-electron chi connectivity index (χ0n) is 19.3. The minimum atomic E-state index is -1.23. The van der Waals surface area contributed by atoms with E-state index in [-0.39, 0.29) is 41.1 Å². The van der Waals surface area contributed by atoms with Gasteiger partial charge in [0.1, 0.15) is 0 Å². The summed E-state index contributed by atoms with van der Waals surface area (Å²) >= 11 is 14.5. The lowest BCUT2D eigenvalue weighted by atomic mass is 10.1. The number of hydrogen-bond acceptors (Lipinski definition) is 7. The van der Waals surface area contributed by atoms with Gasteiger partial charge in [0.05, 0.1) is 25.5 Å². The van der Waals surface area contributed by atoms with Crippen molar-refractivity contribution in [3.05, 3.63) is 65.2 Å². The highest BCUT2D eigenvalue weighted by atomic mass is 35.5. The van der Waals surface area contributed by atoms with Gasteiger partial charge in [-0.2, -0.15) is 0 Å². The molecule has 3 N–H and O–H groups in total. The third-order valence-electron chi connectivity index (χ3n) is 5.59. The van der Waals surface area contributed by atoms with Gasteiger partial charge in [-0.05, 0) is 43.7 Å². The van der Waals surface area contributed by atoms with Gasteiger partial charge < -0.3 is 15.7 Å². The number of aromatic nitrogens is 1. The average molecular weight is 590 g/mol. The molecule has 0 saturated heterocycles. The van der Waals surface area contributed by atoms with Crippen LogP contribution in [0.25, 0.3) is 0 Å². The molecule has 0 atom stereocenters. The maximum Gasteiger partial charge on any atom is 0.337 e. The van der Waals surface area contributed by atoms with Crippen LogP contribution in [0.2, 0.25) is 9.36 Å². The molecule has 36 heavy (non-hydrogen) atoms. The number of fused-ring (bicyclic) bond motifs is 1. The number of anilines is 1. The normalized spacial score (nSPS) is 13.1. The van der Waals surface area contributed by atoms with Crippen LogP contribution in [0.5, 0.6) is 0 Å². The number of carbonyl (C=O) groups is 3. The molecular weight excluding hydrogens is 567 g/mol. The second-order valence-electron chi connectivity index (χ2n) is 8.24. The summed E-state index contributed by atoms with van der Waals surface area (Å²) in [5.74, 6) is -2.02. The summed E-state index contributed by atoms with van der Waals surface area (Å²) in [6.07, 6.45) is 0.769. The van der Waals surface area contributed by atoms with Crippen LogP contribution in [0.4, 0.5) is 5.69 Å². The molecule has 4 rings (SSSR count). The van der Waals surface area contributed by atoms with E-state index in [1.54, 1.807) is 12.1 Å². The first-order valence-corrected chi connectivity index (χ1v) is 13.1. The van der Waals surface area contributed by atoms with Gasteiger partial charge in [-0.25, -0.2) is 9.78 Å². The predicted octanol–water partition coefficient (Wildman–Crippen LogP) is 5.58. The minimum Gasteiger partial charge on any atom is -0.478 e. The third kappa shape index (κ3) is 6.37. The number of thiazole rings is 1. The molecule has 0 aliphatic carbocycles. The van der Waals surface area contributed by atoms with Gasteiger partial charge in [-0.1, -0.05) is 23.2 Å². The molecule has 0 spiro atoms. The monoisotopic (exact) mass is 588 g/mol. The highest BCUT2D eigenvalue weighted by Gasteiger charge is 2.25. The fraction of sp³-hybridized carbons (Fsp3) is 0.304. The molecule has 2 aromatic heterocycles. The van der Waals surface area contributed by atoms with E-state index in [9.17, 15) is 19.5 Å². The van der Waals surface area contributed by atoms with Crippen LogP contribution >= 0.6 is 58.3 Å². The molecule has 13 heteroatoms. The lowest BCUT2D eigenvalue weighted by molar-refractivity contribution is 0.0696. The summed E-state index contributed by atoms with van der Waals surface area (Å²) in [5, 5.41) is 15.3. The Morgan fingerprint density at radius 1 is 1.17 bits per heavy atom. The number of benzene rings is 1. The Balaban J connectivity index is 0.00000361. The molecule has 1 aliphatic rings. The van der Waals surface area contributed by atoms with Crippen LogP contribution in [-0.4, -0.2) is 45.4 Å². The molecule has 1 aliphatic heterocycles. The number of nitrogens with zero attached hydrogens (tertiary/aromatic N) is 2. The topological polar surface area (TPSA) is 112 Å². The quantitative estimate of drug-likeness (QED) is 0.332. The Labute approximate surface area is 232 Å². The number of thiophene rings is 1. The van der Waals surface area contributed by atoms with Crippen LogP contribution in [0.3, 0.4) is 0 Å². The lowest BCUT2D eigenvalue weighted by Gasteiger charge is -2.29. The van der Waals surface area contributed by atoms with Crippen molar-refractivity contribution in [1.82, 2.24) is 15.2 Å². The predicted molar refractivity (Wildman–Crippen MR) is 145 cm³/mol. The Morgan fingerprint density at radius 3 is 2.56 bits per heavy atom. The van der Waals surface area contributed by atoms with Crippen LogP contribution < -0.4 is 10.6 Å². The van der Waals surface area contributed by atoms with Crippen LogP contribution in [-0.2, 0) is 19.5 Å². The molecule has 0 bridgehead atoms. The number of amides is 2. The summed E-state index contributed by atoms with van der Waals surface area (Å²) in [7, 11) is 0. The van der Waals surface area contributed by atoms with E-state index in [1.807, 2.05) is 0 Å². The van der Waals surface area contributed by atoms with Gasteiger partial charge in [-0.3, -0.25) is 14.5 Å². The first-order chi connectivity index (χ1) is 16.6. The highest BCUT2D eigenvalue weighted by molar-refractivity contribution is 7.18. The van der Waals surface area contributed by atoms with Gasteiger partial charge in [0.15, 0.2) is 5.01 Å². The average Bonchev–Trinajstić information content (AvgIpc) is 3.44. The van der Waals surface area contributed by atoms with Crippen molar-refractivity contribution in [2.24, 2.45) is 0 Å². The largest absolute Gasteiger partial charge is 0.478 e. The van der Waals surface area contributed by atoms with Crippen molar-refractivity contribution in [2.45, 2.75) is 39.4 Å². The van der Waals surface area contributed by atoms with Crippen molar-refractivity contribution in [3.63, 3.8) is 0 Å². The first kappa shape index (κ1) is 28.4. The minimum absolute atomic E-state index is 0. The van der Waals surface area contributed by atoms with Crippen molar-refractivity contribution in [2.75, 3.05) is 11.9 Å². The maximum atomic E-state index is 13.1. The van der Waals surface area contributed by atoms with E-state index >= 15 is 0 Å². The van der Waals surface area contributed by atoms with Crippen molar-refractivity contribution in [3.8, 4) is 0 Å². The molecule has 1 aromatic carbocycles. The van der Waals surface area contributed by atoms with Gasteiger partial charge in [0.2, 0.25) is 0 Å². The fourth-order valence-corrected chi connectivity index (χ4v) is 5.92. The molecule has 3 aromatic rings. The van der Waals surface area contributed by atoms with Gasteiger partial charge >= 0.3 is 5.97 Å². The number of hydrogen-bond donors (Lipinski definition) is 3. The van der Waals surface area contributed by atoms with E-state index < -0.39 is 11.9 Å². The van der Waals surface area contributed by atoms with E-state index in [4.69, 9.17) is 23.2 Å². The Hall–Kier alpha value is -2.21. The molecular formula is C23H23Cl3N4O4S2. The fourth-order valence-electron chi connectivity index (χ4n) is 3.67. The Bertz CT molecular complexity index is 1310. The zero-order chi connectivity index (χ0) is 25.3. The Morgan fingerprint density at radius 2 is 1.92 bits per heavy atom. The van der Waals surface area contributed by atoms with Gasteiger partial charge in [0, 0.05) is 42.7 Å². The van der Waals surface area contributed by atoms with E-state index in [0.717, 1.165) is 41.4 Å². The zero-order valence-corrected chi connectivity index (χ0v) is 23.2. The summed E-state index contributed by atoms with van der Waals surface area (Å²) in [4.78, 5) is 45.5. The maximum absolute atomic E-state index is 13.1. The molecule has 0 saturated carbocycles. The van der Waals surface area contributed by atoms with E-state index in [0.29, 0.717) is 25.8 Å². The molecule has 0 radical (unpaired) electrons. The van der Waals surface area contributed by atoms with Crippen LogP contribution in [0.15, 0.2) is 24.3 Å². The standard InChI is InChI=1S/C23H22Cl2N4O4S2.ClH/c1-11(2)29-6-5-15-18(10-29)35-22(28-15)21(31)27-16-8-13(23(32)33)14(24)7-12(16)9-26-20(30)17-3-4-19(25)34-17;/h3-4,7-8,11H,5-6,9-10H2,1-2H3,(H,26,30)(H,27,31)(H,32,33);1H. The summed E-state index contributed by atoms with van der Waals surface area (Å²) in [6, 6.07) is 6.35. The molecule has 8 nitrogen and oxygen atoms in total. The van der Waals surface area contributed by atoms with Gasteiger partial charge in [0.25, 0.3) is 11.8 Å². The summed E-state index contributed by atoms with van der Waals surface area (Å²) < 4.78 is 0.486. The second kappa shape index (κ2) is 11.9. The van der Waals surface area contributed by atoms with Crippen LogP contribution in [0.1, 0.15) is 59.8 Å². The van der Waals surface area contributed by atoms with Gasteiger partial charge in [-0.15, -0.1) is 35.1 Å². The van der Waals surface area contributed by atoms with Crippen molar-refractivity contribution >= 4 is 81.8 Å². The van der Waals surface area contributed by atoms with Crippen LogP contribution in [0, 0.1) is 0 Å². The smallest absolute Gasteiger partial charge is 0.337 e. The number of carbonyl (C=O) groups excluding carboxylic acids is 2. The summed E-state index contributed by atoms with van der Waals surface area (Å²) in [6.45, 7) is 5.91. The first-order valence-electron chi connectivity index (χ1n) is 10.8. The molecule has 0 fully saturated rings. The Kier molecular flexibility index (Phi) is 9.37. The molecule has 2 amide bonds. The lowest BCUT2D eigenvalue weighted by Crippen LogP contribution is -2.35. The third-order valence-corrected chi connectivity index (χ3v) is 8.22. The summed E-state index contributed by atoms with van der Waals surface area (Å²) in [5.41, 5.74) is 1.45. The van der Waals surface area contributed by atoms with Crippen molar-refractivity contribution in [1.29, 1.82) is 0 Å². The molecule has 3 heterocycles. The number of carboxylic acid groups (broad SMARTS) is 1. The highest BCUT2D eigenvalue weighted by Crippen LogP contribution is 2.29. The SMILES string of the molecule is CC(C)N1CCc2nc(C(=O)Nc3cc(C(=O)O)c(Cl)cc3CNC(=O)c3ccc(Cl)s3)sc2C1.Cl. The van der Waals surface area contributed by atoms with E-state index in [1.165, 1.54) is 23.5 Å². The number of carboxylic acids is 1. The number of rotatable bonds is 7. The molecule has 0 unspecified atom stereocenters.